The van der Waals surface area contributed by atoms with Gasteiger partial charge in [0.05, 0.1) is 17.7 Å². The van der Waals surface area contributed by atoms with Gasteiger partial charge in [-0.25, -0.2) is 4.39 Å². The molecule has 2 atom stereocenters. The molecule has 1 aliphatic rings. The molecule has 6 nitrogen and oxygen atoms in total. The van der Waals surface area contributed by atoms with Crippen molar-refractivity contribution in [1.29, 1.82) is 0 Å². The first-order valence-electron chi connectivity index (χ1n) is 9.24. The maximum absolute atomic E-state index is 13.9. The van der Waals surface area contributed by atoms with Gasteiger partial charge in [-0.05, 0) is 30.2 Å². The lowest BCUT2D eigenvalue weighted by Gasteiger charge is -2.25. The van der Waals surface area contributed by atoms with E-state index in [1.54, 1.807) is 24.4 Å². The van der Waals surface area contributed by atoms with Crippen molar-refractivity contribution in [3.63, 3.8) is 0 Å². The predicted octanol–water partition coefficient (Wildman–Crippen LogP) is 2.12. The number of amides is 1. The predicted molar refractivity (Wildman–Crippen MR) is 105 cm³/mol. The van der Waals surface area contributed by atoms with Crippen LogP contribution >= 0.6 is 11.6 Å². The first-order chi connectivity index (χ1) is 13.5. The monoisotopic (exact) mass is 407 g/mol. The second kappa shape index (κ2) is 9.82. The summed E-state index contributed by atoms with van der Waals surface area (Å²) in [7, 11) is 0. The molecule has 1 aliphatic heterocycles. The molecular weight excluding hydrogens is 385 g/mol. The molecular formula is C20H23ClFN3O3. The Labute approximate surface area is 167 Å². The Kier molecular flexibility index (Phi) is 7.19. The van der Waals surface area contributed by atoms with Gasteiger partial charge < -0.3 is 19.9 Å². The molecule has 28 heavy (non-hydrogen) atoms. The number of pyridine rings is 1. The number of carbonyl (C=O) groups is 1. The minimum atomic E-state index is -0.472. The molecule has 0 spiro atoms. The summed E-state index contributed by atoms with van der Waals surface area (Å²) in [6.45, 7) is 2.34. The van der Waals surface area contributed by atoms with E-state index in [-0.39, 0.29) is 35.1 Å². The fourth-order valence-electron chi connectivity index (χ4n) is 3.30. The zero-order chi connectivity index (χ0) is 19.9. The van der Waals surface area contributed by atoms with Crippen LogP contribution in [0, 0.1) is 11.7 Å². The normalized spacial score (nSPS) is 19.8. The van der Waals surface area contributed by atoms with Crippen LogP contribution in [0.15, 0.2) is 47.4 Å². The molecule has 0 radical (unpaired) electrons. The van der Waals surface area contributed by atoms with E-state index in [1.165, 1.54) is 22.8 Å². The summed E-state index contributed by atoms with van der Waals surface area (Å²) >= 11 is 5.78. The molecule has 2 N–H and O–H groups in total. The van der Waals surface area contributed by atoms with Crippen molar-refractivity contribution >= 4 is 17.5 Å². The average molecular weight is 408 g/mol. The second-order valence-corrected chi connectivity index (χ2v) is 7.14. The van der Waals surface area contributed by atoms with Crippen molar-refractivity contribution in [3.05, 3.63) is 69.4 Å². The Morgan fingerprint density at radius 3 is 3.00 bits per heavy atom. The number of nitrogens with one attached hydrogen (secondary N) is 2. The van der Waals surface area contributed by atoms with Crippen LogP contribution in [-0.4, -0.2) is 36.7 Å². The lowest BCUT2D eigenvalue weighted by Crippen LogP contribution is -2.34. The standard InChI is InChI=1S/C20H23ClFN3O3/c21-16-5-4-14(11-17(16)22)20-15(12-23-8-10-28-20)6-7-24-18(26)13-25-9-2-1-3-19(25)27/h1-5,9,11,15,20,23H,6-8,10,12-13H2,(H,24,26). The van der Waals surface area contributed by atoms with Crippen LogP contribution in [0.3, 0.4) is 0 Å². The molecule has 3 rings (SSSR count). The Morgan fingerprint density at radius 1 is 1.36 bits per heavy atom. The van der Waals surface area contributed by atoms with Crippen molar-refractivity contribution in [1.82, 2.24) is 15.2 Å². The fraction of sp³-hybridized carbons (Fsp3) is 0.400. The molecule has 2 unspecified atom stereocenters. The van der Waals surface area contributed by atoms with Crippen LogP contribution in [0.2, 0.25) is 5.02 Å². The van der Waals surface area contributed by atoms with Gasteiger partial charge >= 0.3 is 0 Å². The van der Waals surface area contributed by atoms with Gasteiger partial charge in [0, 0.05) is 37.8 Å². The van der Waals surface area contributed by atoms with Crippen molar-refractivity contribution in [2.24, 2.45) is 5.92 Å². The first-order valence-corrected chi connectivity index (χ1v) is 9.62. The van der Waals surface area contributed by atoms with E-state index in [4.69, 9.17) is 16.3 Å². The summed E-state index contributed by atoms with van der Waals surface area (Å²) in [6.07, 6.45) is 1.95. The van der Waals surface area contributed by atoms with Crippen LogP contribution < -0.4 is 16.2 Å². The highest BCUT2D eigenvalue weighted by Gasteiger charge is 2.26. The van der Waals surface area contributed by atoms with E-state index in [0.717, 1.165) is 5.56 Å². The van der Waals surface area contributed by atoms with Crippen molar-refractivity contribution in [3.8, 4) is 0 Å². The number of aromatic nitrogens is 1. The van der Waals surface area contributed by atoms with E-state index in [0.29, 0.717) is 32.7 Å². The number of ether oxygens (including phenoxy) is 1. The van der Waals surface area contributed by atoms with Gasteiger partial charge in [-0.15, -0.1) is 0 Å². The largest absolute Gasteiger partial charge is 0.372 e. The number of hydrogen-bond acceptors (Lipinski definition) is 4. The molecule has 0 bridgehead atoms. The highest BCUT2D eigenvalue weighted by atomic mass is 35.5. The van der Waals surface area contributed by atoms with Crippen molar-refractivity contribution in [2.75, 3.05) is 26.2 Å². The fourth-order valence-corrected chi connectivity index (χ4v) is 3.42. The number of carbonyl (C=O) groups excluding carboxylic acids is 1. The van der Waals surface area contributed by atoms with Crippen LogP contribution in [0.5, 0.6) is 0 Å². The number of benzene rings is 1. The molecule has 8 heteroatoms. The topological polar surface area (TPSA) is 72.4 Å². The van der Waals surface area contributed by atoms with Gasteiger partial charge in [-0.3, -0.25) is 9.59 Å². The van der Waals surface area contributed by atoms with Crippen LogP contribution in [0.25, 0.3) is 0 Å². The third-order valence-electron chi connectivity index (χ3n) is 4.73. The maximum atomic E-state index is 13.9. The van der Waals surface area contributed by atoms with Gasteiger partial charge in [-0.1, -0.05) is 23.7 Å². The molecule has 150 valence electrons. The number of nitrogens with zero attached hydrogens (tertiary/aromatic N) is 1. The molecule has 0 saturated carbocycles. The maximum Gasteiger partial charge on any atom is 0.250 e. The summed E-state index contributed by atoms with van der Waals surface area (Å²) in [5, 5.41) is 6.23. The molecule has 2 heterocycles. The van der Waals surface area contributed by atoms with E-state index >= 15 is 0 Å². The second-order valence-electron chi connectivity index (χ2n) is 6.73. The third-order valence-corrected chi connectivity index (χ3v) is 5.04. The van der Waals surface area contributed by atoms with Crippen LogP contribution in [0.4, 0.5) is 4.39 Å². The average Bonchev–Trinajstić information content (AvgIpc) is 2.91. The van der Waals surface area contributed by atoms with Gasteiger partial charge in [0.25, 0.3) is 5.56 Å². The zero-order valence-electron chi connectivity index (χ0n) is 15.4. The summed E-state index contributed by atoms with van der Waals surface area (Å²) in [5.41, 5.74) is 0.515. The highest BCUT2D eigenvalue weighted by molar-refractivity contribution is 6.30. The Hall–Kier alpha value is -2.22. The van der Waals surface area contributed by atoms with Crippen LogP contribution in [0.1, 0.15) is 18.1 Å². The van der Waals surface area contributed by atoms with Crippen LogP contribution in [-0.2, 0) is 16.1 Å². The van der Waals surface area contributed by atoms with E-state index in [2.05, 4.69) is 10.6 Å². The summed E-state index contributed by atoms with van der Waals surface area (Å²) in [5.74, 6) is -0.645. The first kappa shape index (κ1) is 20.5. The van der Waals surface area contributed by atoms with Crippen molar-refractivity contribution < 1.29 is 13.9 Å². The molecule has 1 saturated heterocycles. The molecule has 1 aromatic carbocycles. The van der Waals surface area contributed by atoms with E-state index in [9.17, 15) is 14.0 Å². The van der Waals surface area contributed by atoms with Gasteiger partial charge in [0.1, 0.15) is 12.4 Å². The summed E-state index contributed by atoms with van der Waals surface area (Å²) in [4.78, 5) is 23.8. The van der Waals surface area contributed by atoms with E-state index in [1.807, 2.05) is 0 Å². The zero-order valence-corrected chi connectivity index (χ0v) is 16.1. The molecule has 2 aromatic rings. The Balaban J connectivity index is 1.59. The SMILES string of the molecule is O=C(Cn1ccccc1=O)NCCC1CNCCOC1c1ccc(Cl)c(F)c1. The molecule has 1 fully saturated rings. The quantitative estimate of drug-likeness (QED) is 0.769. The Bertz CT molecular complexity index is 874. The molecule has 1 amide bonds. The highest BCUT2D eigenvalue weighted by Crippen LogP contribution is 2.31. The smallest absolute Gasteiger partial charge is 0.250 e. The minimum Gasteiger partial charge on any atom is -0.372 e. The number of hydrogen-bond donors (Lipinski definition) is 2. The summed E-state index contributed by atoms with van der Waals surface area (Å²) in [6, 6.07) is 9.47. The summed E-state index contributed by atoms with van der Waals surface area (Å²) < 4.78 is 21.2. The lowest BCUT2D eigenvalue weighted by molar-refractivity contribution is -0.121. The minimum absolute atomic E-state index is 0.0229. The van der Waals surface area contributed by atoms with Gasteiger partial charge in [0.2, 0.25) is 5.91 Å². The van der Waals surface area contributed by atoms with Gasteiger partial charge in [0.15, 0.2) is 0 Å². The lowest BCUT2D eigenvalue weighted by atomic mass is 9.92. The van der Waals surface area contributed by atoms with E-state index < -0.39 is 5.82 Å². The van der Waals surface area contributed by atoms with Gasteiger partial charge in [-0.2, -0.15) is 0 Å². The Morgan fingerprint density at radius 2 is 2.21 bits per heavy atom. The molecule has 1 aromatic heterocycles. The number of halogens is 2. The third kappa shape index (κ3) is 5.41. The molecule has 0 aliphatic carbocycles. The van der Waals surface area contributed by atoms with Crippen molar-refractivity contribution in [2.45, 2.75) is 19.1 Å². The number of rotatable bonds is 6.